The first kappa shape index (κ1) is 44.2. The van der Waals surface area contributed by atoms with Crippen molar-refractivity contribution in [3.05, 3.63) is 0 Å². The van der Waals surface area contributed by atoms with Crippen LogP contribution >= 0.6 is 0 Å². The molecule has 0 aromatic heterocycles. The third-order valence-corrected chi connectivity index (χ3v) is 12.9. The summed E-state index contributed by atoms with van der Waals surface area (Å²) in [6.45, 7) is 35.5. The number of amides is 2. The predicted molar refractivity (Wildman–Crippen MR) is 206 cm³/mol. The standard InChI is InChI=1S/C43H78N2O5/c1-31(46)27-37(49)50-30-32(39(5,6)7)43(14,15)42(12,13)29-34(44-25-18-16-17-21-35(44)47)41(10,11)24-20-23-40(8,9)33(28-38(2,3)4)45-26-19-22-36(45)48/h32-34H,16-30H2,1-15H3. The van der Waals surface area contributed by atoms with Crippen LogP contribution < -0.4 is 0 Å². The molecule has 0 spiro atoms. The predicted octanol–water partition coefficient (Wildman–Crippen LogP) is 10.0. The average Bonchev–Trinajstić information content (AvgIpc) is 3.23. The molecule has 0 aromatic carbocycles. The van der Waals surface area contributed by atoms with Crippen molar-refractivity contribution in [2.45, 2.75) is 193 Å². The van der Waals surface area contributed by atoms with E-state index in [1.165, 1.54) is 6.92 Å². The van der Waals surface area contributed by atoms with Gasteiger partial charge in [0.2, 0.25) is 11.8 Å². The molecule has 3 atom stereocenters. The number of Topliss-reactive ketones (excluding diaryl/α,β-unsaturated/α-hetero) is 1. The molecule has 0 N–H and O–H groups in total. The lowest BCUT2D eigenvalue weighted by Gasteiger charge is -2.55. The van der Waals surface area contributed by atoms with Crippen LogP contribution in [0.4, 0.5) is 0 Å². The third-order valence-electron chi connectivity index (χ3n) is 12.9. The number of hydrogen-bond donors (Lipinski definition) is 0. The third kappa shape index (κ3) is 12.1. The van der Waals surface area contributed by atoms with E-state index in [9.17, 15) is 19.2 Å². The first-order valence-corrected chi connectivity index (χ1v) is 19.9. The van der Waals surface area contributed by atoms with Crippen LogP contribution in [-0.2, 0) is 23.9 Å². The molecule has 7 nitrogen and oxygen atoms in total. The fourth-order valence-corrected chi connectivity index (χ4v) is 9.05. The van der Waals surface area contributed by atoms with Crippen LogP contribution in [0.3, 0.4) is 0 Å². The molecule has 0 aliphatic carbocycles. The van der Waals surface area contributed by atoms with E-state index in [1.54, 1.807) is 0 Å². The van der Waals surface area contributed by atoms with Gasteiger partial charge in [-0.25, -0.2) is 0 Å². The number of nitrogens with zero attached hydrogens (tertiary/aromatic N) is 2. The molecule has 2 rings (SSSR count). The van der Waals surface area contributed by atoms with E-state index in [0.29, 0.717) is 18.7 Å². The average molecular weight is 703 g/mol. The summed E-state index contributed by atoms with van der Waals surface area (Å²) < 4.78 is 5.77. The van der Waals surface area contributed by atoms with Crippen LogP contribution in [0.1, 0.15) is 181 Å². The second kappa shape index (κ2) is 16.8. The fraction of sp³-hybridized carbons (Fsp3) is 0.907. The molecular formula is C43H78N2O5. The Morgan fingerprint density at radius 1 is 0.680 bits per heavy atom. The molecule has 0 radical (unpaired) electrons. The summed E-state index contributed by atoms with van der Waals surface area (Å²) in [5.74, 6) is -0.0429. The molecule has 2 saturated heterocycles. The largest absolute Gasteiger partial charge is 0.465 e. The summed E-state index contributed by atoms with van der Waals surface area (Å²) in [7, 11) is 0. The van der Waals surface area contributed by atoms with E-state index < -0.39 is 5.97 Å². The Balaban J connectivity index is 2.41. The van der Waals surface area contributed by atoms with Crippen LogP contribution in [0.15, 0.2) is 0 Å². The van der Waals surface area contributed by atoms with Crippen molar-refractivity contribution in [1.82, 2.24) is 9.80 Å². The van der Waals surface area contributed by atoms with Crippen molar-refractivity contribution < 1.29 is 23.9 Å². The number of hydrogen-bond acceptors (Lipinski definition) is 5. The maximum Gasteiger partial charge on any atom is 0.313 e. The van der Waals surface area contributed by atoms with Gasteiger partial charge in [0.1, 0.15) is 12.2 Å². The van der Waals surface area contributed by atoms with E-state index in [1.807, 2.05) is 0 Å². The minimum Gasteiger partial charge on any atom is -0.465 e. The Morgan fingerprint density at radius 2 is 1.16 bits per heavy atom. The lowest BCUT2D eigenvalue weighted by molar-refractivity contribution is -0.154. The van der Waals surface area contributed by atoms with Gasteiger partial charge < -0.3 is 14.5 Å². The van der Waals surface area contributed by atoms with Crippen molar-refractivity contribution >= 4 is 23.6 Å². The normalized spacial score (nSPS) is 19.3. The Kier molecular flexibility index (Phi) is 14.9. The minimum atomic E-state index is -0.462. The van der Waals surface area contributed by atoms with Gasteiger partial charge in [-0.1, -0.05) is 110 Å². The molecule has 7 heteroatoms. The highest BCUT2D eigenvalue weighted by atomic mass is 16.5. The topological polar surface area (TPSA) is 84.0 Å². The number of carbonyl (C=O) groups excluding carboxylic acids is 4. The van der Waals surface area contributed by atoms with Crippen molar-refractivity contribution in [3.8, 4) is 0 Å². The van der Waals surface area contributed by atoms with Crippen molar-refractivity contribution in [2.24, 2.45) is 38.4 Å². The first-order chi connectivity index (χ1) is 22.6. The van der Waals surface area contributed by atoms with Gasteiger partial charge in [-0.15, -0.1) is 0 Å². The second-order valence-electron chi connectivity index (χ2n) is 21.0. The smallest absolute Gasteiger partial charge is 0.313 e. The highest BCUT2D eigenvalue weighted by Crippen LogP contribution is 2.55. The molecule has 3 unspecified atom stereocenters. The lowest BCUT2D eigenvalue weighted by atomic mass is 9.52. The van der Waals surface area contributed by atoms with E-state index in [4.69, 9.17) is 4.74 Å². The van der Waals surface area contributed by atoms with Gasteiger partial charge >= 0.3 is 5.97 Å². The Morgan fingerprint density at radius 3 is 1.62 bits per heavy atom. The molecule has 2 fully saturated rings. The summed E-state index contributed by atoms with van der Waals surface area (Å²) in [5.41, 5.74) is -0.699. The van der Waals surface area contributed by atoms with Crippen LogP contribution in [0.25, 0.3) is 0 Å². The van der Waals surface area contributed by atoms with E-state index in [2.05, 4.69) is 107 Å². The van der Waals surface area contributed by atoms with Crippen LogP contribution in [0, 0.1) is 38.4 Å². The van der Waals surface area contributed by atoms with E-state index >= 15 is 0 Å². The molecule has 2 amide bonds. The maximum atomic E-state index is 13.8. The summed E-state index contributed by atoms with van der Waals surface area (Å²) in [6, 6.07) is 0.263. The number of ketones is 1. The van der Waals surface area contributed by atoms with Gasteiger partial charge in [-0.05, 0) is 84.4 Å². The van der Waals surface area contributed by atoms with Gasteiger partial charge in [0, 0.05) is 43.9 Å². The summed E-state index contributed by atoms with van der Waals surface area (Å²) in [5, 5.41) is 0. The summed E-state index contributed by atoms with van der Waals surface area (Å²) in [6.07, 6.45) is 9.97. The molecular weight excluding hydrogens is 624 g/mol. The zero-order chi connectivity index (χ0) is 38.5. The number of esters is 1. The number of rotatable bonds is 17. The zero-order valence-corrected chi connectivity index (χ0v) is 35.3. The maximum absolute atomic E-state index is 13.8. The van der Waals surface area contributed by atoms with Gasteiger partial charge in [0.15, 0.2) is 0 Å². The van der Waals surface area contributed by atoms with Crippen molar-refractivity contribution in [2.75, 3.05) is 19.7 Å². The van der Waals surface area contributed by atoms with E-state index in [0.717, 1.165) is 70.9 Å². The quantitative estimate of drug-likeness (QED) is 0.111. The molecule has 2 heterocycles. The fourth-order valence-electron chi connectivity index (χ4n) is 9.05. The second-order valence-corrected chi connectivity index (χ2v) is 21.0. The molecule has 0 aromatic rings. The van der Waals surface area contributed by atoms with Crippen LogP contribution in [0.2, 0.25) is 0 Å². The Labute approximate surface area is 307 Å². The number of carbonyl (C=O) groups is 4. The summed E-state index contributed by atoms with van der Waals surface area (Å²) >= 11 is 0. The van der Waals surface area contributed by atoms with Gasteiger partial charge in [0.25, 0.3) is 0 Å². The van der Waals surface area contributed by atoms with Crippen molar-refractivity contribution in [1.29, 1.82) is 0 Å². The number of ether oxygens (including phenoxy) is 1. The molecule has 2 aliphatic heterocycles. The van der Waals surface area contributed by atoms with E-state index in [-0.39, 0.29) is 75.2 Å². The highest BCUT2D eigenvalue weighted by molar-refractivity contribution is 5.94. The lowest BCUT2D eigenvalue weighted by Crippen LogP contribution is -2.54. The Bertz CT molecular complexity index is 1170. The Hall–Kier alpha value is -1.92. The monoisotopic (exact) mass is 703 g/mol. The SMILES string of the molecule is CC(=O)CC(=O)OCC(C(C)(C)C)C(C)(C)C(C)(C)CC(N1CCCCCC1=O)C(C)(C)CCCC(C)(C)C(CC(C)(C)C)N1CCCC1=O. The van der Waals surface area contributed by atoms with Crippen LogP contribution in [-0.4, -0.2) is 65.1 Å². The molecule has 50 heavy (non-hydrogen) atoms. The van der Waals surface area contributed by atoms with Gasteiger partial charge in [-0.2, -0.15) is 0 Å². The van der Waals surface area contributed by atoms with Gasteiger partial charge in [0.05, 0.1) is 6.61 Å². The number of likely N-dealkylation sites (tertiary alicyclic amines) is 2. The molecule has 0 bridgehead atoms. The van der Waals surface area contributed by atoms with Crippen LogP contribution in [0.5, 0.6) is 0 Å². The highest BCUT2D eigenvalue weighted by Gasteiger charge is 2.51. The van der Waals surface area contributed by atoms with Gasteiger partial charge in [-0.3, -0.25) is 19.2 Å². The molecule has 0 saturated carbocycles. The summed E-state index contributed by atoms with van der Waals surface area (Å²) in [4.78, 5) is 55.4. The molecule has 2 aliphatic rings. The first-order valence-electron chi connectivity index (χ1n) is 19.9. The minimum absolute atomic E-state index is 0.0263. The van der Waals surface area contributed by atoms with Crippen molar-refractivity contribution in [3.63, 3.8) is 0 Å². The molecule has 290 valence electrons. The zero-order valence-electron chi connectivity index (χ0n) is 35.3.